The number of methoxy groups -OCH3 is 2. The SMILES string of the molecule is C=C(C)C(=O)OCC(COCC(COC(=O)C(=C)C)(COC(=O)C(=C)C)COC(=O)C(=C)C)(COC(=O)CCC(=O)OC)COC(=O)CCC(=O)OC. The second kappa shape index (κ2) is 24.0. The molecule has 0 aliphatic rings. The summed E-state index contributed by atoms with van der Waals surface area (Å²) in [7, 11) is 2.28. The van der Waals surface area contributed by atoms with Crippen LogP contribution in [0.4, 0.5) is 0 Å². The molecule has 0 atom stereocenters. The number of hydrogen-bond donors (Lipinski definition) is 0. The quantitative estimate of drug-likeness (QED) is 0.0703. The van der Waals surface area contributed by atoms with Gasteiger partial charge in [-0.25, -0.2) is 19.2 Å². The zero-order valence-corrected chi connectivity index (χ0v) is 31.3. The molecule has 0 fully saturated rings. The molecule has 17 heteroatoms. The maximum atomic E-state index is 12.6. The molecule has 296 valence electrons. The van der Waals surface area contributed by atoms with Crippen molar-refractivity contribution in [3.8, 4) is 0 Å². The molecule has 0 heterocycles. The van der Waals surface area contributed by atoms with Gasteiger partial charge in [0.2, 0.25) is 0 Å². The highest BCUT2D eigenvalue weighted by atomic mass is 16.6. The Labute approximate surface area is 308 Å². The van der Waals surface area contributed by atoms with Crippen molar-refractivity contribution >= 4 is 47.8 Å². The molecule has 0 unspecified atom stereocenters. The third-order valence-electron chi connectivity index (χ3n) is 6.85. The van der Waals surface area contributed by atoms with Gasteiger partial charge in [0.25, 0.3) is 0 Å². The zero-order chi connectivity index (χ0) is 40.8. The first kappa shape index (κ1) is 47.7. The topological polar surface area (TPSA) is 220 Å². The smallest absolute Gasteiger partial charge is 0.333 e. The second-order valence-corrected chi connectivity index (χ2v) is 12.4. The normalized spacial score (nSPS) is 10.8. The summed E-state index contributed by atoms with van der Waals surface area (Å²) in [5, 5.41) is 0. The highest BCUT2D eigenvalue weighted by Crippen LogP contribution is 2.27. The van der Waals surface area contributed by atoms with Crippen LogP contribution in [0.15, 0.2) is 48.6 Å². The van der Waals surface area contributed by atoms with Crippen LogP contribution < -0.4 is 0 Å². The minimum Gasteiger partial charge on any atom is -0.469 e. The van der Waals surface area contributed by atoms with Crippen molar-refractivity contribution < 1.29 is 81.0 Å². The molecule has 0 N–H and O–H groups in total. The van der Waals surface area contributed by atoms with Gasteiger partial charge in [-0.1, -0.05) is 26.3 Å². The molecular formula is C36H50O17. The first-order chi connectivity index (χ1) is 24.7. The van der Waals surface area contributed by atoms with Crippen molar-refractivity contribution in [3.63, 3.8) is 0 Å². The maximum absolute atomic E-state index is 12.6. The molecule has 0 amide bonds. The Kier molecular flexibility index (Phi) is 21.6. The lowest BCUT2D eigenvalue weighted by Gasteiger charge is -2.35. The van der Waals surface area contributed by atoms with Crippen LogP contribution in [0.2, 0.25) is 0 Å². The maximum Gasteiger partial charge on any atom is 0.333 e. The van der Waals surface area contributed by atoms with Gasteiger partial charge in [0.1, 0.15) is 39.6 Å². The highest BCUT2D eigenvalue weighted by molar-refractivity contribution is 5.88. The van der Waals surface area contributed by atoms with Gasteiger partial charge in [-0.05, 0) is 27.7 Å². The van der Waals surface area contributed by atoms with E-state index in [1.807, 2.05) is 0 Å². The van der Waals surface area contributed by atoms with Crippen molar-refractivity contribution in [2.45, 2.75) is 53.4 Å². The number of carbonyl (C=O) groups excluding carboxylic acids is 8. The van der Waals surface area contributed by atoms with Crippen LogP contribution in [0, 0.1) is 10.8 Å². The third-order valence-corrected chi connectivity index (χ3v) is 6.85. The molecule has 17 nitrogen and oxygen atoms in total. The fourth-order valence-electron chi connectivity index (χ4n) is 3.58. The van der Waals surface area contributed by atoms with Gasteiger partial charge in [-0.15, -0.1) is 0 Å². The molecular weight excluding hydrogens is 704 g/mol. The predicted octanol–water partition coefficient (Wildman–Crippen LogP) is 2.45. The summed E-state index contributed by atoms with van der Waals surface area (Å²) in [5.41, 5.74) is -3.19. The van der Waals surface area contributed by atoms with E-state index in [1.165, 1.54) is 27.7 Å². The summed E-state index contributed by atoms with van der Waals surface area (Å²) in [6, 6.07) is 0. The summed E-state index contributed by atoms with van der Waals surface area (Å²) < 4.78 is 47.4. The van der Waals surface area contributed by atoms with Crippen molar-refractivity contribution in [2.75, 3.05) is 67.1 Å². The van der Waals surface area contributed by atoms with Crippen molar-refractivity contribution in [3.05, 3.63) is 48.6 Å². The Hall–Kier alpha value is -5.32. The predicted molar refractivity (Wildman–Crippen MR) is 183 cm³/mol. The molecule has 0 bridgehead atoms. The first-order valence-corrected chi connectivity index (χ1v) is 16.0. The van der Waals surface area contributed by atoms with Crippen LogP contribution in [-0.2, 0) is 81.0 Å². The fraction of sp³-hybridized carbons (Fsp3) is 0.556. The number of ether oxygens (including phenoxy) is 9. The van der Waals surface area contributed by atoms with E-state index >= 15 is 0 Å². The van der Waals surface area contributed by atoms with Crippen LogP contribution in [0.5, 0.6) is 0 Å². The van der Waals surface area contributed by atoms with E-state index in [0.717, 1.165) is 14.2 Å². The van der Waals surface area contributed by atoms with Gasteiger partial charge >= 0.3 is 47.8 Å². The van der Waals surface area contributed by atoms with Crippen LogP contribution in [-0.4, -0.2) is 115 Å². The van der Waals surface area contributed by atoms with Gasteiger partial charge < -0.3 is 42.6 Å². The molecule has 0 aromatic rings. The van der Waals surface area contributed by atoms with Crippen molar-refractivity contribution in [1.29, 1.82) is 0 Å². The van der Waals surface area contributed by atoms with Crippen LogP contribution in [0.3, 0.4) is 0 Å². The van der Waals surface area contributed by atoms with Gasteiger partial charge in [0, 0.05) is 22.3 Å². The Morgan fingerprint density at radius 3 is 0.830 bits per heavy atom. The molecule has 53 heavy (non-hydrogen) atoms. The Balaban J connectivity index is 6.80. The average molecular weight is 755 g/mol. The largest absolute Gasteiger partial charge is 0.469 e. The number of rotatable bonds is 26. The molecule has 0 spiro atoms. The van der Waals surface area contributed by atoms with E-state index in [2.05, 4.69) is 35.8 Å². The molecule has 0 rings (SSSR count). The molecule has 0 radical (unpaired) electrons. The molecule has 0 saturated carbocycles. The number of carbonyl (C=O) groups is 8. The van der Waals surface area contributed by atoms with E-state index in [0.29, 0.717) is 0 Å². The van der Waals surface area contributed by atoms with Crippen molar-refractivity contribution in [1.82, 2.24) is 0 Å². The molecule has 0 aliphatic carbocycles. The lowest BCUT2D eigenvalue weighted by molar-refractivity contribution is -0.173. The molecule has 0 aromatic carbocycles. The molecule has 0 aliphatic heterocycles. The summed E-state index contributed by atoms with van der Waals surface area (Å²) >= 11 is 0. The molecule has 0 saturated heterocycles. The first-order valence-electron chi connectivity index (χ1n) is 16.0. The van der Waals surface area contributed by atoms with E-state index in [9.17, 15) is 38.4 Å². The van der Waals surface area contributed by atoms with E-state index < -0.39 is 124 Å². The van der Waals surface area contributed by atoms with Gasteiger partial charge in [0.15, 0.2) is 0 Å². The van der Waals surface area contributed by atoms with Crippen molar-refractivity contribution in [2.24, 2.45) is 10.8 Å². The van der Waals surface area contributed by atoms with Gasteiger partial charge in [-0.3, -0.25) is 19.2 Å². The Bertz CT molecular complexity index is 1300. The van der Waals surface area contributed by atoms with E-state index in [-0.39, 0.29) is 35.1 Å². The lowest BCUT2D eigenvalue weighted by Crippen LogP contribution is -2.47. The van der Waals surface area contributed by atoms with E-state index in [1.54, 1.807) is 0 Å². The molecule has 0 aromatic heterocycles. The van der Waals surface area contributed by atoms with Crippen LogP contribution in [0.1, 0.15) is 53.4 Å². The van der Waals surface area contributed by atoms with Gasteiger partial charge in [0.05, 0.1) is 63.9 Å². The zero-order valence-electron chi connectivity index (χ0n) is 31.3. The number of hydrogen-bond acceptors (Lipinski definition) is 17. The summed E-state index contributed by atoms with van der Waals surface area (Å²) in [4.78, 5) is 98.2. The summed E-state index contributed by atoms with van der Waals surface area (Å²) in [5.74, 6) is -6.46. The second-order valence-electron chi connectivity index (χ2n) is 12.4. The Morgan fingerprint density at radius 1 is 0.377 bits per heavy atom. The average Bonchev–Trinajstić information content (AvgIpc) is 3.12. The third kappa shape index (κ3) is 19.8. The fourth-order valence-corrected chi connectivity index (χ4v) is 3.58. The van der Waals surface area contributed by atoms with E-state index in [4.69, 9.17) is 33.2 Å². The Morgan fingerprint density at radius 2 is 0.604 bits per heavy atom. The lowest BCUT2D eigenvalue weighted by atomic mass is 9.90. The number of esters is 8. The monoisotopic (exact) mass is 754 g/mol. The minimum absolute atomic E-state index is 0.00182. The summed E-state index contributed by atoms with van der Waals surface area (Å²) in [6.45, 7) is 15.2. The highest BCUT2D eigenvalue weighted by Gasteiger charge is 2.41. The van der Waals surface area contributed by atoms with Crippen LogP contribution >= 0.6 is 0 Å². The van der Waals surface area contributed by atoms with Gasteiger partial charge in [-0.2, -0.15) is 0 Å². The summed E-state index contributed by atoms with van der Waals surface area (Å²) in [6.07, 6.45) is -1.42. The minimum atomic E-state index is -1.67. The standard InChI is InChI=1S/C36H50O17/c1-23(2)31(41)50-19-35(17-48-29(39)13-11-27(37)45-9,18-49-30(40)14-12-28(38)46-10)15-47-16-36(20-51-32(42)24(3)4,21-52-33(43)25(5)6)22-53-34(44)26(7)8/h1,3,5,7,11-22H2,2,4,6,8-10H3. The van der Waals surface area contributed by atoms with Crippen LogP contribution in [0.25, 0.3) is 0 Å².